The molecule has 0 bridgehead atoms. The van der Waals surface area contributed by atoms with E-state index >= 15 is 0 Å². The van der Waals surface area contributed by atoms with Crippen molar-refractivity contribution in [2.75, 3.05) is 5.73 Å². The third-order valence-corrected chi connectivity index (χ3v) is 2.75. The first kappa shape index (κ1) is 13.1. The van der Waals surface area contributed by atoms with E-state index < -0.39 is 0 Å². The molecule has 100 valence electrons. The van der Waals surface area contributed by atoms with Crippen LogP contribution in [0.3, 0.4) is 0 Å². The van der Waals surface area contributed by atoms with E-state index in [-0.39, 0.29) is 18.5 Å². The van der Waals surface area contributed by atoms with Gasteiger partial charge in [0.2, 0.25) is 5.91 Å². The van der Waals surface area contributed by atoms with E-state index in [1.165, 1.54) is 16.4 Å². The fourth-order valence-corrected chi connectivity index (χ4v) is 1.95. The van der Waals surface area contributed by atoms with E-state index in [1.807, 2.05) is 25.1 Å². The number of nitrogens with zero attached hydrogens (tertiary/aromatic N) is 2. The Morgan fingerprint density at radius 2 is 2.16 bits per heavy atom. The number of benzene rings is 1. The van der Waals surface area contributed by atoms with Gasteiger partial charge in [0.05, 0.1) is 11.9 Å². The molecule has 1 aromatic heterocycles. The summed E-state index contributed by atoms with van der Waals surface area (Å²) < 4.78 is 1.53. The molecule has 0 fully saturated rings. The lowest BCUT2D eigenvalue weighted by atomic mass is 10.1. The summed E-state index contributed by atoms with van der Waals surface area (Å²) in [6.45, 7) is 2.18. The number of carbonyl (C=O) groups excluding carboxylic acids is 1. The number of hydrogen-bond donors (Lipinski definition) is 2. The van der Waals surface area contributed by atoms with Gasteiger partial charge in [-0.15, -0.1) is 0 Å². The Morgan fingerprint density at radius 3 is 2.79 bits per heavy atom. The lowest BCUT2D eigenvalue weighted by Crippen LogP contribution is -2.36. The zero-order valence-corrected chi connectivity index (χ0v) is 10.9. The summed E-state index contributed by atoms with van der Waals surface area (Å²) in [4.78, 5) is 11.8. The molecule has 0 aliphatic rings. The Balaban J connectivity index is 1.82. The Morgan fingerprint density at radius 1 is 1.42 bits per heavy atom. The van der Waals surface area contributed by atoms with Crippen molar-refractivity contribution in [3.05, 3.63) is 48.3 Å². The SMILES string of the molecule is CC(Cc1ccccc1)NC(=O)Cn1cc(N)cn1. The van der Waals surface area contributed by atoms with Gasteiger partial charge in [0.25, 0.3) is 0 Å². The molecule has 2 aromatic rings. The van der Waals surface area contributed by atoms with Crippen molar-refractivity contribution in [1.82, 2.24) is 15.1 Å². The first-order valence-corrected chi connectivity index (χ1v) is 6.24. The number of aromatic nitrogens is 2. The molecule has 2 rings (SSSR count). The number of nitrogens with two attached hydrogens (primary N) is 1. The highest BCUT2D eigenvalue weighted by atomic mass is 16.2. The number of nitrogens with one attached hydrogen (secondary N) is 1. The number of rotatable bonds is 5. The molecule has 0 aliphatic heterocycles. The lowest BCUT2D eigenvalue weighted by molar-refractivity contribution is -0.122. The summed E-state index contributed by atoms with van der Waals surface area (Å²) in [6.07, 6.45) is 3.98. The Bertz CT molecular complexity index is 535. The van der Waals surface area contributed by atoms with Crippen molar-refractivity contribution < 1.29 is 4.79 Å². The van der Waals surface area contributed by atoms with Gasteiger partial charge in [0.1, 0.15) is 6.54 Å². The van der Waals surface area contributed by atoms with E-state index in [0.717, 1.165) is 6.42 Å². The zero-order valence-electron chi connectivity index (χ0n) is 10.9. The van der Waals surface area contributed by atoms with Crippen molar-refractivity contribution in [2.24, 2.45) is 0 Å². The normalized spacial score (nSPS) is 12.1. The Labute approximate surface area is 112 Å². The quantitative estimate of drug-likeness (QED) is 0.846. The predicted molar refractivity (Wildman–Crippen MR) is 74.4 cm³/mol. The minimum atomic E-state index is -0.0634. The third-order valence-electron chi connectivity index (χ3n) is 2.75. The van der Waals surface area contributed by atoms with Crippen molar-refractivity contribution in [3.8, 4) is 0 Å². The van der Waals surface area contributed by atoms with Gasteiger partial charge in [-0.05, 0) is 18.9 Å². The van der Waals surface area contributed by atoms with Crippen molar-refractivity contribution in [3.63, 3.8) is 0 Å². The number of anilines is 1. The Kier molecular flexibility index (Phi) is 4.18. The van der Waals surface area contributed by atoms with Gasteiger partial charge in [-0.25, -0.2) is 0 Å². The van der Waals surface area contributed by atoms with Crippen LogP contribution in [0.5, 0.6) is 0 Å². The van der Waals surface area contributed by atoms with Crippen LogP contribution in [0.25, 0.3) is 0 Å². The van der Waals surface area contributed by atoms with E-state index in [9.17, 15) is 4.79 Å². The van der Waals surface area contributed by atoms with Crippen LogP contribution < -0.4 is 11.1 Å². The molecule has 0 saturated carbocycles. The summed E-state index contributed by atoms with van der Waals surface area (Å²) in [7, 11) is 0. The zero-order chi connectivity index (χ0) is 13.7. The smallest absolute Gasteiger partial charge is 0.241 e. The summed E-state index contributed by atoms with van der Waals surface area (Å²) in [5.74, 6) is -0.0634. The second kappa shape index (κ2) is 6.04. The highest BCUT2D eigenvalue weighted by Gasteiger charge is 2.09. The maximum absolute atomic E-state index is 11.8. The number of amides is 1. The van der Waals surface area contributed by atoms with Crippen molar-refractivity contribution >= 4 is 11.6 Å². The predicted octanol–water partition coefficient (Wildman–Crippen LogP) is 1.21. The minimum absolute atomic E-state index is 0.0634. The van der Waals surface area contributed by atoms with E-state index in [4.69, 9.17) is 5.73 Å². The molecule has 0 saturated heterocycles. The maximum atomic E-state index is 11.8. The highest BCUT2D eigenvalue weighted by Crippen LogP contribution is 2.03. The first-order chi connectivity index (χ1) is 9.13. The second-order valence-corrected chi connectivity index (χ2v) is 4.63. The van der Waals surface area contributed by atoms with Crippen LogP contribution in [-0.4, -0.2) is 21.7 Å². The average Bonchev–Trinajstić information content (AvgIpc) is 2.75. The Hall–Kier alpha value is -2.30. The summed E-state index contributed by atoms with van der Waals surface area (Å²) in [5, 5.41) is 6.92. The van der Waals surface area contributed by atoms with Crippen LogP contribution >= 0.6 is 0 Å². The molecule has 3 N–H and O–H groups in total. The number of nitrogen functional groups attached to an aromatic ring is 1. The molecular formula is C14H18N4O. The van der Waals surface area contributed by atoms with Gasteiger partial charge in [-0.1, -0.05) is 30.3 Å². The van der Waals surface area contributed by atoms with Gasteiger partial charge in [0.15, 0.2) is 0 Å². The maximum Gasteiger partial charge on any atom is 0.241 e. The van der Waals surface area contributed by atoms with Crippen molar-refractivity contribution in [2.45, 2.75) is 25.9 Å². The molecule has 1 unspecified atom stereocenters. The van der Waals surface area contributed by atoms with Crippen LogP contribution in [0.15, 0.2) is 42.7 Å². The molecule has 0 spiro atoms. The molecule has 0 aliphatic carbocycles. The monoisotopic (exact) mass is 258 g/mol. The molecule has 1 amide bonds. The van der Waals surface area contributed by atoms with Crippen LogP contribution in [0.4, 0.5) is 5.69 Å². The molecule has 0 radical (unpaired) electrons. The summed E-state index contributed by atoms with van der Waals surface area (Å²) >= 11 is 0. The molecule has 1 heterocycles. The fraction of sp³-hybridized carbons (Fsp3) is 0.286. The second-order valence-electron chi connectivity index (χ2n) is 4.63. The molecule has 1 atom stereocenters. The summed E-state index contributed by atoms with van der Waals surface area (Å²) in [6, 6.07) is 10.2. The molecular weight excluding hydrogens is 240 g/mol. The standard InChI is InChI=1S/C14H18N4O/c1-11(7-12-5-3-2-4-6-12)17-14(19)10-18-9-13(15)8-16-18/h2-6,8-9,11H,7,10,15H2,1H3,(H,17,19). The number of hydrogen-bond acceptors (Lipinski definition) is 3. The lowest BCUT2D eigenvalue weighted by Gasteiger charge is -2.14. The topological polar surface area (TPSA) is 72.9 Å². The van der Waals surface area contributed by atoms with Crippen LogP contribution in [-0.2, 0) is 17.8 Å². The van der Waals surface area contributed by atoms with Crippen molar-refractivity contribution in [1.29, 1.82) is 0 Å². The molecule has 1 aromatic carbocycles. The van der Waals surface area contributed by atoms with E-state index in [0.29, 0.717) is 5.69 Å². The van der Waals surface area contributed by atoms with Gasteiger partial charge in [-0.3, -0.25) is 9.48 Å². The van der Waals surface area contributed by atoms with E-state index in [2.05, 4.69) is 22.5 Å². The minimum Gasteiger partial charge on any atom is -0.396 e. The average molecular weight is 258 g/mol. The van der Waals surface area contributed by atoms with Gasteiger partial charge in [-0.2, -0.15) is 5.10 Å². The number of carbonyl (C=O) groups is 1. The van der Waals surface area contributed by atoms with Crippen LogP contribution in [0, 0.1) is 0 Å². The van der Waals surface area contributed by atoms with Crippen LogP contribution in [0.2, 0.25) is 0 Å². The highest BCUT2D eigenvalue weighted by molar-refractivity contribution is 5.76. The summed E-state index contributed by atoms with van der Waals surface area (Å²) in [5.41, 5.74) is 7.31. The molecule has 5 heteroatoms. The van der Waals surface area contributed by atoms with Crippen LogP contribution in [0.1, 0.15) is 12.5 Å². The third kappa shape index (κ3) is 4.13. The van der Waals surface area contributed by atoms with E-state index in [1.54, 1.807) is 6.20 Å². The molecule has 19 heavy (non-hydrogen) atoms. The molecule has 5 nitrogen and oxygen atoms in total. The van der Waals surface area contributed by atoms with Gasteiger partial charge >= 0.3 is 0 Å². The first-order valence-electron chi connectivity index (χ1n) is 6.24. The van der Waals surface area contributed by atoms with Gasteiger partial charge < -0.3 is 11.1 Å². The fourth-order valence-electron chi connectivity index (χ4n) is 1.95. The van der Waals surface area contributed by atoms with Gasteiger partial charge in [0, 0.05) is 12.2 Å². The largest absolute Gasteiger partial charge is 0.396 e.